The lowest BCUT2D eigenvalue weighted by Gasteiger charge is -2.24. The van der Waals surface area contributed by atoms with Gasteiger partial charge in [0.15, 0.2) is 5.13 Å². The minimum Gasteiger partial charge on any atom is -0.302 e. The number of amides is 1. The third-order valence-corrected chi connectivity index (χ3v) is 5.79. The van der Waals surface area contributed by atoms with Gasteiger partial charge in [0, 0.05) is 18.7 Å². The summed E-state index contributed by atoms with van der Waals surface area (Å²) in [6.45, 7) is 7.12. The molecule has 0 saturated carbocycles. The molecule has 0 spiro atoms. The lowest BCUT2D eigenvalue weighted by molar-refractivity contribution is 0.0983. The monoisotopic (exact) mass is 405 g/mol. The molecule has 4 nitrogen and oxygen atoms in total. The maximum atomic E-state index is 13.6. The Bertz CT molecular complexity index is 942. The Morgan fingerprint density at radius 3 is 2.56 bits per heavy atom. The summed E-state index contributed by atoms with van der Waals surface area (Å²) >= 11 is 7.66. The summed E-state index contributed by atoms with van der Waals surface area (Å²) in [7, 11) is 0. The van der Waals surface area contributed by atoms with Crippen LogP contribution in [-0.2, 0) is 0 Å². The Morgan fingerprint density at radius 2 is 1.89 bits per heavy atom. The zero-order valence-electron chi connectivity index (χ0n) is 15.3. The van der Waals surface area contributed by atoms with Crippen LogP contribution in [0, 0.1) is 5.82 Å². The van der Waals surface area contributed by atoms with Gasteiger partial charge in [-0.05, 0) is 43.4 Å². The molecule has 0 aliphatic heterocycles. The van der Waals surface area contributed by atoms with Gasteiger partial charge in [0.1, 0.15) is 11.3 Å². The van der Waals surface area contributed by atoms with Crippen molar-refractivity contribution in [3.05, 3.63) is 58.9 Å². The second kappa shape index (κ2) is 8.78. The molecule has 2 aromatic carbocycles. The van der Waals surface area contributed by atoms with Crippen LogP contribution in [-0.4, -0.2) is 42.0 Å². The van der Waals surface area contributed by atoms with E-state index in [-0.39, 0.29) is 5.91 Å². The van der Waals surface area contributed by atoms with Crippen LogP contribution in [0.15, 0.2) is 42.5 Å². The molecule has 1 aromatic heterocycles. The van der Waals surface area contributed by atoms with E-state index in [1.165, 1.54) is 23.5 Å². The first-order chi connectivity index (χ1) is 13.0. The van der Waals surface area contributed by atoms with Gasteiger partial charge in [0.05, 0.1) is 9.72 Å². The number of hydrogen-bond acceptors (Lipinski definition) is 4. The predicted octanol–water partition coefficient (Wildman–Crippen LogP) is 5.08. The zero-order valence-corrected chi connectivity index (χ0v) is 16.9. The van der Waals surface area contributed by atoms with Crippen LogP contribution in [0.1, 0.15) is 24.2 Å². The number of nitrogens with zero attached hydrogens (tertiary/aromatic N) is 3. The molecular formula is C20H21ClFN3OS. The molecule has 7 heteroatoms. The van der Waals surface area contributed by atoms with Gasteiger partial charge in [-0.25, -0.2) is 9.37 Å². The summed E-state index contributed by atoms with van der Waals surface area (Å²) in [5, 5.41) is 1.12. The summed E-state index contributed by atoms with van der Waals surface area (Å²) in [6.07, 6.45) is 0. The van der Waals surface area contributed by atoms with Gasteiger partial charge in [0.25, 0.3) is 5.91 Å². The summed E-state index contributed by atoms with van der Waals surface area (Å²) in [5.41, 5.74) is 0.985. The van der Waals surface area contributed by atoms with Crippen molar-refractivity contribution < 1.29 is 9.18 Å². The Kier molecular flexibility index (Phi) is 6.42. The molecule has 0 unspecified atom stereocenters. The van der Waals surface area contributed by atoms with Crippen molar-refractivity contribution >= 4 is 44.2 Å². The molecule has 0 aliphatic carbocycles. The normalized spacial score (nSPS) is 11.3. The molecule has 27 heavy (non-hydrogen) atoms. The van der Waals surface area contributed by atoms with Crippen LogP contribution in [0.4, 0.5) is 9.52 Å². The summed E-state index contributed by atoms with van der Waals surface area (Å²) < 4.78 is 14.5. The molecule has 0 radical (unpaired) electrons. The van der Waals surface area contributed by atoms with E-state index in [2.05, 4.69) is 23.7 Å². The predicted molar refractivity (Wildman–Crippen MR) is 110 cm³/mol. The Labute approximate surface area is 167 Å². The average Bonchev–Trinajstić information content (AvgIpc) is 3.10. The number of fused-ring (bicyclic) bond motifs is 1. The highest BCUT2D eigenvalue weighted by Crippen LogP contribution is 2.33. The van der Waals surface area contributed by atoms with E-state index < -0.39 is 5.82 Å². The molecule has 3 aromatic rings. The number of carbonyl (C=O) groups is 1. The molecular weight excluding hydrogens is 385 g/mol. The fourth-order valence-electron chi connectivity index (χ4n) is 2.86. The van der Waals surface area contributed by atoms with Crippen molar-refractivity contribution in [1.29, 1.82) is 0 Å². The molecule has 0 aliphatic rings. The molecule has 0 saturated heterocycles. The minimum atomic E-state index is -0.433. The third kappa shape index (κ3) is 4.46. The third-order valence-electron chi connectivity index (χ3n) is 4.44. The van der Waals surface area contributed by atoms with E-state index >= 15 is 0 Å². The lowest BCUT2D eigenvalue weighted by atomic mass is 10.2. The average molecular weight is 406 g/mol. The Morgan fingerprint density at radius 1 is 1.15 bits per heavy atom. The number of rotatable bonds is 7. The highest BCUT2D eigenvalue weighted by molar-refractivity contribution is 7.22. The first kappa shape index (κ1) is 19.7. The fraction of sp³-hybridized carbons (Fsp3) is 0.300. The maximum absolute atomic E-state index is 13.6. The van der Waals surface area contributed by atoms with Gasteiger partial charge < -0.3 is 4.90 Å². The van der Waals surface area contributed by atoms with Crippen LogP contribution in [0.3, 0.4) is 0 Å². The second-order valence-electron chi connectivity index (χ2n) is 6.08. The van der Waals surface area contributed by atoms with Crippen molar-refractivity contribution in [1.82, 2.24) is 9.88 Å². The molecule has 1 amide bonds. The van der Waals surface area contributed by atoms with Gasteiger partial charge in [-0.3, -0.25) is 9.69 Å². The highest BCUT2D eigenvalue weighted by Gasteiger charge is 2.22. The zero-order chi connectivity index (χ0) is 19.4. The van der Waals surface area contributed by atoms with Crippen LogP contribution < -0.4 is 4.90 Å². The number of aromatic nitrogens is 1. The smallest absolute Gasteiger partial charge is 0.260 e. The molecule has 0 fully saturated rings. The maximum Gasteiger partial charge on any atom is 0.260 e. The van der Waals surface area contributed by atoms with Crippen LogP contribution >= 0.6 is 22.9 Å². The molecule has 0 bridgehead atoms. The van der Waals surface area contributed by atoms with E-state index in [0.29, 0.717) is 34.3 Å². The molecule has 1 heterocycles. The van der Waals surface area contributed by atoms with E-state index in [0.717, 1.165) is 17.8 Å². The number of benzene rings is 2. The SMILES string of the molecule is CCN(CC)CCN(C(=O)c1cccc(F)c1)c1nc2c(Cl)cccc2s1. The topological polar surface area (TPSA) is 36.4 Å². The van der Waals surface area contributed by atoms with Gasteiger partial charge in [0.2, 0.25) is 0 Å². The lowest BCUT2D eigenvalue weighted by Crippen LogP contribution is -2.38. The number of hydrogen-bond donors (Lipinski definition) is 0. The molecule has 0 N–H and O–H groups in total. The first-order valence-corrected chi connectivity index (χ1v) is 10.1. The van der Waals surface area contributed by atoms with Gasteiger partial charge in [-0.2, -0.15) is 0 Å². The van der Waals surface area contributed by atoms with E-state index in [4.69, 9.17) is 11.6 Å². The summed E-state index contributed by atoms with van der Waals surface area (Å²) in [6, 6.07) is 11.3. The second-order valence-corrected chi connectivity index (χ2v) is 7.49. The summed E-state index contributed by atoms with van der Waals surface area (Å²) in [4.78, 5) is 21.6. The van der Waals surface area contributed by atoms with Crippen molar-refractivity contribution in [2.24, 2.45) is 0 Å². The van der Waals surface area contributed by atoms with E-state index in [1.54, 1.807) is 23.1 Å². The Hall–Kier alpha value is -2.02. The minimum absolute atomic E-state index is 0.267. The molecule has 3 rings (SSSR count). The first-order valence-electron chi connectivity index (χ1n) is 8.88. The van der Waals surface area contributed by atoms with Crippen molar-refractivity contribution in [2.45, 2.75) is 13.8 Å². The molecule has 0 atom stereocenters. The number of thiazole rings is 1. The number of halogens is 2. The van der Waals surface area contributed by atoms with Crippen molar-refractivity contribution in [3.8, 4) is 0 Å². The van der Waals surface area contributed by atoms with Crippen molar-refractivity contribution in [2.75, 3.05) is 31.1 Å². The van der Waals surface area contributed by atoms with Gasteiger partial charge in [-0.1, -0.05) is 48.9 Å². The number of carbonyl (C=O) groups excluding carboxylic acids is 1. The Balaban J connectivity index is 1.97. The van der Waals surface area contributed by atoms with Gasteiger partial charge >= 0.3 is 0 Å². The standard InChI is InChI=1S/C20H21ClFN3OS/c1-3-24(4-2)11-12-25(19(26)14-7-5-8-15(22)13-14)20-23-18-16(21)9-6-10-17(18)27-20/h5-10,13H,3-4,11-12H2,1-2H3. The fourth-order valence-corrected chi connectivity index (χ4v) is 4.15. The van der Waals surface area contributed by atoms with Gasteiger partial charge in [-0.15, -0.1) is 0 Å². The number of likely N-dealkylation sites (N-methyl/N-ethyl adjacent to an activating group) is 1. The van der Waals surface area contributed by atoms with E-state index in [9.17, 15) is 9.18 Å². The van der Waals surface area contributed by atoms with E-state index in [1.807, 2.05) is 12.1 Å². The number of anilines is 1. The van der Waals surface area contributed by atoms with Crippen LogP contribution in [0.5, 0.6) is 0 Å². The van der Waals surface area contributed by atoms with Crippen LogP contribution in [0.2, 0.25) is 5.02 Å². The van der Waals surface area contributed by atoms with Crippen LogP contribution in [0.25, 0.3) is 10.2 Å². The van der Waals surface area contributed by atoms with Crippen molar-refractivity contribution in [3.63, 3.8) is 0 Å². The number of para-hydroxylation sites is 1. The largest absolute Gasteiger partial charge is 0.302 e. The summed E-state index contributed by atoms with van der Waals surface area (Å²) in [5.74, 6) is -0.700. The highest BCUT2D eigenvalue weighted by atomic mass is 35.5. The molecule has 142 valence electrons. The quantitative estimate of drug-likeness (QED) is 0.550.